The van der Waals surface area contributed by atoms with Crippen LogP contribution in [0.25, 0.3) is 11.0 Å². The summed E-state index contributed by atoms with van der Waals surface area (Å²) in [4.78, 5) is 23.4. The van der Waals surface area contributed by atoms with E-state index >= 15 is 0 Å². The first kappa shape index (κ1) is 13.2. The molecule has 0 aliphatic heterocycles. The molecule has 106 valence electrons. The molecule has 0 bridgehead atoms. The summed E-state index contributed by atoms with van der Waals surface area (Å²) < 4.78 is 10.6. The Morgan fingerprint density at radius 1 is 1.10 bits per heavy atom. The zero-order valence-electron chi connectivity index (χ0n) is 11.3. The molecule has 0 saturated heterocycles. The predicted molar refractivity (Wildman–Crippen MR) is 76.7 cm³/mol. The van der Waals surface area contributed by atoms with Crippen LogP contribution in [-0.4, -0.2) is 5.11 Å². The largest absolute Gasteiger partial charge is 0.508 e. The fraction of sp³-hybridized carbons (Fsp3) is 0.125. The van der Waals surface area contributed by atoms with Crippen LogP contribution >= 0.6 is 0 Å². The van der Waals surface area contributed by atoms with E-state index in [1.165, 1.54) is 12.1 Å². The van der Waals surface area contributed by atoms with E-state index in [1.54, 1.807) is 25.1 Å². The van der Waals surface area contributed by atoms with Crippen molar-refractivity contribution in [3.05, 3.63) is 74.1 Å². The maximum Gasteiger partial charge on any atom is 0.339 e. The number of fused-ring (bicyclic) bond motifs is 1. The average Bonchev–Trinajstić information content (AvgIpc) is 2.36. The van der Waals surface area contributed by atoms with Crippen molar-refractivity contribution in [1.82, 2.24) is 0 Å². The number of rotatable bonds is 2. The lowest BCUT2D eigenvalue weighted by Gasteiger charge is -2.05. The molecule has 0 fully saturated rings. The van der Waals surface area contributed by atoms with Gasteiger partial charge in [0.15, 0.2) is 5.43 Å². The van der Waals surface area contributed by atoms with Gasteiger partial charge < -0.3 is 13.9 Å². The summed E-state index contributed by atoms with van der Waals surface area (Å²) >= 11 is 0. The first-order valence-corrected chi connectivity index (χ1v) is 6.38. The Morgan fingerprint density at radius 3 is 2.67 bits per heavy atom. The molecule has 0 aliphatic carbocycles. The van der Waals surface area contributed by atoms with Crippen molar-refractivity contribution in [3.63, 3.8) is 0 Å². The zero-order chi connectivity index (χ0) is 15.0. The molecule has 5 nitrogen and oxygen atoms in total. The van der Waals surface area contributed by atoms with Crippen molar-refractivity contribution in [1.29, 1.82) is 0 Å². The summed E-state index contributed by atoms with van der Waals surface area (Å²) in [6.45, 7) is 1.71. The highest BCUT2D eigenvalue weighted by Gasteiger charge is 2.10. The summed E-state index contributed by atoms with van der Waals surface area (Å²) in [5.41, 5.74) is 0.384. The topological polar surface area (TPSA) is 80.6 Å². The quantitative estimate of drug-likeness (QED) is 0.781. The molecule has 21 heavy (non-hydrogen) atoms. The molecule has 2 aromatic heterocycles. The van der Waals surface area contributed by atoms with E-state index in [2.05, 4.69) is 0 Å². The smallest absolute Gasteiger partial charge is 0.339 e. The lowest BCUT2D eigenvalue weighted by molar-refractivity contribution is 0.429. The molecule has 5 heteroatoms. The van der Waals surface area contributed by atoms with Gasteiger partial charge in [-0.15, -0.1) is 0 Å². The maximum absolute atomic E-state index is 12.1. The number of aryl methyl sites for hydroxylation is 1. The first-order chi connectivity index (χ1) is 10.0. The van der Waals surface area contributed by atoms with Gasteiger partial charge in [-0.25, -0.2) is 4.79 Å². The molecule has 0 unspecified atom stereocenters. The summed E-state index contributed by atoms with van der Waals surface area (Å²) in [5, 5.41) is 9.89. The molecule has 0 amide bonds. The molecule has 0 aliphatic rings. The van der Waals surface area contributed by atoms with Crippen LogP contribution in [0, 0.1) is 6.92 Å². The number of hydrogen-bond acceptors (Lipinski definition) is 5. The fourth-order valence-corrected chi connectivity index (χ4v) is 2.34. The van der Waals surface area contributed by atoms with Crippen LogP contribution in [-0.2, 0) is 6.42 Å². The van der Waals surface area contributed by atoms with E-state index in [1.807, 2.05) is 0 Å². The van der Waals surface area contributed by atoms with Gasteiger partial charge in [-0.3, -0.25) is 4.79 Å². The van der Waals surface area contributed by atoms with Crippen molar-refractivity contribution in [2.45, 2.75) is 13.3 Å². The van der Waals surface area contributed by atoms with E-state index in [0.717, 1.165) is 6.07 Å². The summed E-state index contributed by atoms with van der Waals surface area (Å²) in [5.74, 6) is 0.658. The van der Waals surface area contributed by atoms with Gasteiger partial charge in [-0.2, -0.15) is 0 Å². The number of aromatic hydroxyl groups is 1. The molecule has 3 aromatic rings. The standard InChI is InChI=1S/C16H12O5/c1-9-5-13(18)16-10(3-2-4-14(16)20-9)6-12-7-11(17)8-15(19)21-12/h2-5,7-8,17H,6H2,1H3. The van der Waals surface area contributed by atoms with E-state index in [4.69, 9.17) is 8.83 Å². The minimum absolute atomic E-state index is 0.146. The second kappa shape index (κ2) is 4.94. The highest BCUT2D eigenvalue weighted by atomic mass is 16.4. The van der Waals surface area contributed by atoms with Gasteiger partial charge in [0.1, 0.15) is 22.9 Å². The highest BCUT2D eigenvalue weighted by Crippen LogP contribution is 2.20. The second-order valence-corrected chi connectivity index (χ2v) is 4.79. The van der Waals surface area contributed by atoms with Crippen molar-refractivity contribution in [2.24, 2.45) is 0 Å². The lowest BCUT2D eigenvalue weighted by atomic mass is 10.0. The SMILES string of the molecule is Cc1cc(=O)c2c(Cc3cc(O)cc(=O)o3)cccc2o1. The Morgan fingerprint density at radius 2 is 1.90 bits per heavy atom. The number of benzene rings is 1. The Bertz CT molecular complexity index is 933. The second-order valence-electron chi connectivity index (χ2n) is 4.79. The molecule has 0 atom stereocenters. The van der Waals surface area contributed by atoms with E-state index in [9.17, 15) is 14.7 Å². The average molecular weight is 284 g/mol. The van der Waals surface area contributed by atoms with Crippen molar-refractivity contribution < 1.29 is 13.9 Å². The molecule has 0 spiro atoms. The third-order valence-electron chi connectivity index (χ3n) is 3.14. The van der Waals surface area contributed by atoms with Crippen LogP contribution in [0.15, 0.2) is 54.8 Å². The van der Waals surface area contributed by atoms with Crippen LogP contribution in [0.2, 0.25) is 0 Å². The molecular weight excluding hydrogens is 272 g/mol. The first-order valence-electron chi connectivity index (χ1n) is 6.38. The normalized spacial score (nSPS) is 10.9. The Kier molecular flexibility index (Phi) is 3.10. The van der Waals surface area contributed by atoms with Crippen LogP contribution in [0.3, 0.4) is 0 Å². The summed E-state index contributed by atoms with van der Waals surface area (Å²) in [7, 11) is 0. The molecule has 1 aromatic carbocycles. The van der Waals surface area contributed by atoms with Gasteiger partial charge in [0.25, 0.3) is 0 Å². The summed E-state index contributed by atoms with van der Waals surface area (Å²) in [6.07, 6.45) is 0.217. The highest BCUT2D eigenvalue weighted by molar-refractivity contribution is 5.80. The van der Waals surface area contributed by atoms with Gasteiger partial charge in [0.05, 0.1) is 11.5 Å². The Hall–Kier alpha value is -2.82. The molecule has 2 heterocycles. The Labute approximate surface area is 119 Å². The monoisotopic (exact) mass is 284 g/mol. The van der Waals surface area contributed by atoms with Crippen molar-refractivity contribution in [3.8, 4) is 5.75 Å². The van der Waals surface area contributed by atoms with Crippen LogP contribution < -0.4 is 11.1 Å². The van der Waals surface area contributed by atoms with Crippen molar-refractivity contribution in [2.75, 3.05) is 0 Å². The molecule has 1 N–H and O–H groups in total. The van der Waals surface area contributed by atoms with Gasteiger partial charge in [-0.05, 0) is 18.6 Å². The van der Waals surface area contributed by atoms with Gasteiger partial charge >= 0.3 is 5.63 Å². The minimum Gasteiger partial charge on any atom is -0.508 e. The van der Waals surface area contributed by atoms with Crippen LogP contribution in [0.1, 0.15) is 17.1 Å². The molecule has 0 saturated carbocycles. The third-order valence-corrected chi connectivity index (χ3v) is 3.14. The van der Waals surface area contributed by atoms with Crippen LogP contribution in [0.5, 0.6) is 5.75 Å². The van der Waals surface area contributed by atoms with E-state index < -0.39 is 5.63 Å². The Balaban J connectivity index is 2.17. The zero-order valence-corrected chi connectivity index (χ0v) is 11.3. The van der Waals surface area contributed by atoms with Gasteiger partial charge in [0, 0.05) is 18.6 Å². The van der Waals surface area contributed by atoms with Gasteiger partial charge in [0.2, 0.25) is 0 Å². The third kappa shape index (κ3) is 2.58. The van der Waals surface area contributed by atoms with Crippen LogP contribution in [0.4, 0.5) is 0 Å². The molecule has 0 radical (unpaired) electrons. The van der Waals surface area contributed by atoms with Gasteiger partial charge in [-0.1, -0.05) is 12.1 Å². The fourth-order valence-electron chi connectivity index (χ4n) is 2.34. The maximum atomic E-state index is 12.1. The molecule has 3 rings (SSSR count). The molecular formula is C16H12O5. The van der Waals surface area contributed by atoms with Crippen molar-refractivity contribution >= 4 is 11.0 Å². The minimum atomic E-state index is -0.631. The predicted octanol–water partition coefficient (Wildman–Crippen LogP) is 2.35. The summed E-state index contributed by atoms with van der Waals surface area (Å²) in [6, 6.07) is 9.01. The van der Waals surface area contributed by atoms with E-state index in [0.29, 0.717) is 22.3 Å². The van der Waals surface area contributed by atoms with E-state index in [-0.39, 0.29) is 23.4 Å². The number of hydrogen-bond donors (Lipinski definition) is 1. The lowest BCUT2D eigenvalue weighted by Crippen LogP contribution is -2.05.